The van der Waals surface area contributed by atoms with Crippen LogP contribution in [0, 0.1) is 11.3 Å². The van der Waals surface area contributed by atoms with E-state index in [1.165, 1.54) is 0 Å². The predicted octanol–water partition coefficient (Wildman–Crippen LogP) is 0.725. The molecule has 1 N–H and O–H groups in total. The molecule has 2 rings (SSSR count). The second-order valence-electron chi connectivity index (χ2n) is 4.46. The second-order valence-corrected chi connectivity index (χ2v) is 4.46. The third-order valence-electron chi connectivity index (χ3n) is 3.14. The van der Waals surface area contributed by atoms with E-state index in [0.717, 1.165) is 25.9 Å². The Morgan fingerprint density at radius 1 is 1.46 bits per heavy atom. The van der Waals surface area contributed by atoms with Gasteiger partial charge in [-0.15, -0.1) is 0 Å². The van der Waals surface area contributed by atoms with Gasteiger partial charge >= 0.3 is 0 Å². The fourth-order valence-electron chi connectivity index (χ4n) is 2.28. The van der Waals surface area contributed by atoms with Crippen LogP contribution >= 0.6 is 0 Å². The van der Waals surface area contributed by atoms with Crippen LogP contribution in [0.4, 0.5) is 0 Å². The van der Waals surface area contributed by atoms with Crippen molar-refractivity contribution in [3.8, 4) is 6.07 Å². The van der Waals surface area contributed by atoms with Gasteiger partial charge in [-0.3, -0.25) is 4.90 Å². The molecule has 1 saturated carbocycles. The highest BCUT2D eigenvalue weighted by molar-refractivity contribution is 5.21. The van der Waals surface area contributed by atoms with Crippen LogP contribution in [0.5, 0.6) is 0 Å². The Hall–Kier alpha value is -0.590. The van der Waals surface area contributed by atoms with Crippen molar-refractivity contribution in [3.63, 3.8) is 0 Å². The van der Waals surface area contributed by atoms with Gasteiger partial charge in [0.15, 0.2) is 0 Å². The Morgan fingerprint density at radius 2 is 2.08 bits per heavy atom. The first-order valence-corrected chi connectivity index (χ1v) is 5.10. The maximum Gasteiger partial charge on any atom is 0.110 e. The van der Waals surface area contributed by atoms with E-state index in [4.69, 9.17) is 5.26 Å². The van der Waals surface area contributed by atoms with Gasteiger partial charge < -0.3 is 5.32 Å². The van der Waals surface area contributed by atoms with Gasteiger partial charge in [0.2, 0.25) is 0 Å². The van der Waals surface area contributed by atoms with Crippen LogP contribution in [0.25, 0.3) is 0 Å². The normalized spacial score (nSPS) is 25.8. The lowest BCUT2D eigenvalue weighted by Gasteiger charge is -2.43. The van der Waals surface area contributed by atoms with E-state index >= 15 is 0 Å². The molecule has 0 spiro atoms. The first kappa shape index (κ1) is 8.98. The van der Waals surface area contributed by atoms with Crippen LogP contribution < -0.4 is 5.32 Å². The number of nitrogens with one attached hydrogen (secondary N) is 1. The van der Waals surface area contributed by atoms with Crippen LogP contribution in [-0.4, -0.2) is 35.6 Å². The number of hydrogen-bond donors (Lipinski definition) is 1. The molecule has 13 heavy (non-hydrogen) atoms. The maximum absolute atomic E-state index is 9.13. The molecule has 1 aliphatic carbocycles. The van der Waals surface area contributed by atoms with Gasteiger partial charge in [0.25, 0.3) is 0 Å². The number of rotatable bonds is 3. The molecule has 0 unspecified atom stereocenters. The molecular weight excluding hydrogens is 162 g/mol. The van der Waals surface area contributed by atoms with Gasteiger partial charge in [0.05, 0.1) is 6.07 Å². The monoisotopic (exact) mass is 179 g/mol. The zero-order valence-corrected chi connectivity index (χ0v) is 8.38. The van der Waals surface area contributed by atoms with Crippen molar-refractivity contribution in [2.24, 2.45) is 0 Å². The van der Waals surface area contributed by atoms with Crippen LogP contribution in [-0.2, 0) is 0 Å². The molecule has 0 atom stereocenters. The Balaban J connectivity index is 2.10. The van der Waals surface area contributed by atoms with Crippen molar-refractivity contribution in [2.75, 3.05) is 13.1 Å². The highest BCUT2D eigenvalue weighted by Gasteiger charge is 2.52. The van der Waals surface area contributed by atoms with Gasteiger partial charge in [-0.2, -0.15) is 5.26 Å². The average Bonchev–Trinajstić information content (AvgIpc) is 2.76. The van der Waals surface area contributed by atoms with Gasteiger partial charge in [-0.1, -0.05) is 0 Å². The zero-order chi connectivity index (χ0) is 9.47. The van der Waals surface area contributed by atoms with E-state index in [-0.39, 0.29) is 5.54 Å². The zero-order valence-electron chi connectivity index (χ0n) is 8.38. The van der Waals surface area contributed by atoms with Gasteiger partial charge in [0, 0.05) is 25.2 Å². The highest BCUT2D eigenvalue weighted by Crippen LogP contribution is 2.43. The Bertz CT molecular complexity index is 233. The minimum atomic E-state index is -0.0963. The van der Waals surface area contributed by atoms with Crippen molar-refractivity contribution in [2.45, 2.75) is 44.3 Å². The SMILES string of the molecule is CC(C)N(C1CNC1)C1(C#N)CC1. The predicted molar refractivity (Wildman–Crippen MR) is 51.2 cm³/mol. The van der Waals surface area contributed by atoms with Crippen molar-refractivity contribution >= 4 is 0 Å². The lowest BCUT2D eigenvalue weighted by Crippen LogP contribution is -2.62. The Labute approximate surface area is 79.7 Å². The summed E-state index contributed by atoms with van der Waals surface area (Å²) in [6.07, 6.45) is 2.14. The summed E-state index contributed by atoms with van der Waals surface area (Å²) in [5.74, 6) is 0. The fraction of sp³-hybridized carbons (Fsp3) is 0.900. The number of hydrogen-bond acceptors (Lipinski definition) is 3. The average molecular weight is 179 g/mol. The molecule has 3 nitrogen and oxygen atoms in total. The van der Waals surface area contributed by atoms with E-state index in [1.807, 2.05) is 0 Å². The van der Waals surface area contributed by atoms with E-state index in [9.17, 15) is 0 Å². The van der Waals surface area contributed by atoms with Crippen molar-refractivity contribution < 1.29 is 0 Å². The summed E-state index contributed by atoms with van der Waals surface area (Å²) in [6, 6.07) is 3.58. The van der Waals surface area contributed by atoms with Crippen molar-refractivity contribution in [1.82, 2.24) is 10.2 Å². The van der Waals surface area contributed by atoms with Gasteiger partial charge in [-0.05, 0) is 26.7 Å². The smallest absolute Gasteiger partial charge is 0.110 e. The van der Waals surface area contributed by atoms with Crippen molar-refractivity contribution in [3.05, 3.63) is 0 Å². The largest absolute Gasteiger partial charge is 0.314 e. The van der Waals surface area contributed by atoms with E-state index in [1.54, 1.807) is 0 Å². The second kappa shape index (κ2) is 2.97. The Kier molecular flexibility index (Phi) is 2.05. The summed E-state index contributed by atoms with van der Waals surface area (Å²) >= 11 is 0. The third-order valence-corrected chi connectivity index (χ3v) is 3.14. The molecule has 2 fully saturated rings. The molecule has 3 heteroatoms. The first-order valence-electron chi connectivity index (χ1n) is 5.10. The number of nitriles is 1. The quantitative estimate of drug-likeness (QED) is 0.694. The summed E-state index contributed by atoms with van der Waals surface area (Å²) in [5.41, 5.74) is -0.0963. The maximum atomic E-state index is 9.13. The molecule has 0 radical (unpaired) electrons. The summed E-state index contributed by atoms with van der Waals surface area (Å²) in [4.78, 5) is 2.41. The molecule has 72 valence electrons. The molecule has 1 aliphatic heterocycles. The molecule has 0 bridgehead atoms. The molecule has 1 heterocycles. The third kappa shape index (κ3) is 1.34. The summed E-state index contributed by atoms with van der Waals surface area (Å²) in [6.45, 7) is 6.49. The van der Waals surface area contributed by atoms with Crippen LogP contribution in [0.3, 0.4) is 0 Å². The van der Waals surface area contributed by atoms with Crippen molar-refractivity contribution in [1.29, 1.82) is 5.26 Å². The first-order chi connectivity index (χ1) is 6.19. The highest BCUT2D eigenvalue weighted by atomic mass is 15.3. The molecule has 0 aromatic heterocycles. The minimum Gasteiger partial charge on any atom is -0.314 e. The number of nitrogens with zero attached hydrogens (tertiary/aromatic N) is 2. The molecule has 0 aromatic rings. The van der Waals surface area contributed by atoms with E-state index in [2.05, 4.69) is 30.1 Å². The standard InChI is InChI=1S/C10H17N3/c1-8(2)13(9-5-12-6-9)10(7-11)3-4-10/h8-9,12H,3-6H2,1-2H3. The molecule has 1 saturated heterocycles. The van der Waals surface area contributed by atoms with Crippen LogP contribution in [0.15, 0.2) is 0 Å². The van der Waals surface area contributed by atoms with Crippen LogP contribution in [0.1, 0.15) is 26.7 Å². The van der Waals surface area contributed by atoms with Crippen LogP contribution in [0.2, 0.25) is 0 Å². The van der Waals surface area contributed by atoms with E-state index < -0.39 is 0 Å². The molecule has 0 amide bonds. The lowest BCUT2D eigenvalue weighted by atomic mass is 10.0. The topological polar surface area (TPSA) is 39.1 Å². The minimum absolute atomic E-state index is 0.0963. The molecule has 2 aliphatic rings. The summed E-state index contributed by atoms with van der Waals surface area (Å²) in [5, 5.41) is 12.4. The lowest BCUT2D eigenvalue weighted by molar-refractivity contribution is 0.0738. The molecular formula is C10H17N3. The molecule has 0 aromatic carbocycles. The van der Waals surface area contributed by atoms with Gasteiger partial charge in [-0.25, -0.2) is 0 Å². The Morgan fingerprint density at radius 3 is 2.31 bits per heavy atom. The summed E-state index contributed by atoms with van der Waals surface area (Å²) < 4.78 is 0. The van der Waals surface area contributed by atoms with E-state index in [0.29, 0.717) is 12.1 Å². The van der Waals surface area contributed by atoms with Gasteiger partial charge in [0.1, 0.15) is 5.54 Å². The summed E-state index contributed by atoms with van der Waals surface area (Å²) in [7, 11) is 0. The fourth-order valence-corrected chi connectivity index (χ4v) is 2.28.